The first-order chi connectivity index (χ1) is 13.8. The number of ether oxygens (including phenoxy) is 1. The van der Waals surface area contributed by atoms with Crippen LogP contribution in [0.15, 0.2) is 22.8 Å². The van der Waals surface area contributed by atoms with E-state index in [1.807, 2.05) is 0 Å². The number of hydrogen-bond donors (Lipinski definition) is 2. The fraction of sp³-hybridized carbons (Fsp3) is 0.846. The summed E-state index contributed by atoms with van der Waals surface area (Å²) in [6, 6.07) is 0. The molecule has 3 N–H and O–H groups in total. The van der Waals surface area contributed by atoms with Crippen LogP contribution in [0.4, 0.5) is 0 Å². The second-order valence-corrected chi connectivity index (χ2v) is 11.0. The Morgan fingerprint density at radius 2 is 1.97 bits per heavy atom. The van der Waals surface area contributed by atoms with Crippen molar-refractivity contribution in [2.24, 2.45) is 28.9 Å². The third kappa shape index (κ3) is 3.77. The summed E-state index contributed by atoms with van der Waals surface area (Å²) in [5.41, 5.74) is 11.0. The van der Waals surface area contributed by atoms with Crippen molar-refractivity contribution in [1.29, 1.82) is 0 Å². The molecule has 0 aromatic rings. The van der Waals surface area contributed by atoms with E-state index in [1.165, 1.54) is 44.1 Å². The highest BCUT2D eigenvalue weighted by Crippen LogP contribution is 2.59. The van der Waals surface area contributed by atoms with Crippen LogP contribution in [0.2, 0.25) is 0 Å². The molecule has 7 unspecified atom stereocenters. The van der Waals surface area contributed by atoms with Crippen LogP contribution in [0.1, 0.15) is 91.9 Å². The molecule has 0 aromatic heterocycles. The molecule has 3 nitrogen and oxygen atoms in total. The summed E-state index contributed by atoms with van der Waals surface area (Å²) in [6.45, 7) is 10.1. The van der Waals surface area contributed by atoms with Crippen molar-refractivity contribution in [3.05, 3.63) is 22.8 Å². The molecule has 29 heavy (non-hydrogen) atoms. The monoisotopic (exact) mass is 401 g/mol. The number of fused-ring (bicyclic) bond motifs is 1. The Labute approximate surface area is 178 Å². The van der Waals surface area contributed by atoms with Crippen LogP contribution in [0, 0.1) is 23.2 Å². The van der Waals surface area contributed by atoms with Crippen LogP contribution in [0.3, 0.4) is 0 Å². The molecular formula is C26H43NO2. The summed E-state index contributed by atoms with van der Waals surface area (Å²) in [5, 5.41) is 10.2. The fourth-order valence-electron chi connectivity index (χ4n) is 7.26. The molecule has 2 saturated carbocycles. The van der Waals surface area contributed by atoms with Gasteiger partial charge in [-0.05, 0) is 113 Å². The smallest absolute Gasteiger partial charge is 0.0896 e. The number of aliphatic hydroxyl groups excluding tert-OH is 1. The zero-order chi connectivity index (χ0) is 20.8. The third-order valence-corrected chi connectivity index (χ3v) is 9.36. The number of allylic oxidation sites excluding steroid dienone is 2. The molecule has 0 radical (unpaired) electrons. The van der Waals surface area contributed by atoms with Gasteiger partial charge in [-0.25, -0.2) is 0 Å². The summed E-state index contributed by atoms with van der Waals surface area (Å²) < 4.78 is 6.79. The lowest BCUT2D eigenvalue weighted by molar-refractivity contribution is -0.0363. The van der Waals surface area contributed by atoms with E-state index in [2.05, 4.69) is 33.8 Å². The predicted molar refractivity (Wildman–Crippen MR) is 120 cm³/mol. The van der Waals surface area contributed by atoms with Crippen molar-refractivity contribution in [1.82, 2.24) is 0 Å². The number of rotatable bonds is 4. The van der Waals surface area contributed by atoms with Crippen molar-refractivity contribution in [3.63, 3.8) is 0 Å². The second kappa shape index (κ2) is 8.13. The van der Waals surface area contributed by atoms with Gasteiger partial charge in [-0.15, -0.1) is 0 Å². The van der Waals surface area contributed by atoms with Gasteiger partial charge in [-0.2, -0.15) is 0 Å². The first-order valence-electron chi connectivity index (χ1n) is 12.2. The minimum absolute atomic E-state index is 0.0206. The van der Waals surface area contributed by atoms with Crippen molar-refractivity contribution in [3.8, 4) is 0 Å². The minimum Gasteiger partial charge on any atom is -0.393 e. The van der Waals surface area contributed by atoms with Crippen LogP contribution in [0.25, 0.3) is 0 Å². The zero-order valence-corrected chi connectivity index (χ0v) is 19.2. The van der Waals surface area contributed by atoms with E-state index in [9.17, 15) is 5.11 Å². The van der Waals surface area contributed by atoms with Crippen LogP contribution in [-0.4, -0.2) is 29.5 Å². The first kappa shape index (κ1) is 21.6. The van der Waals surface area contributed by atoms with Gasteiger partial charge < -0.3 is 15.6 Å². The molecule has 0 amide bonds. The van der Waals surface area contributed by atoms with Crippen LogP contribution < -0.4 is 5.73 Å². The van der Waals surface area contributed by atoms with Crippen LogP contribution >= 0.6 is 0 Å². The van der Waals surface area contributed by atoms with Gasteiger partial charge in [0.25, 0.3) is 0 Å². The van der Waals surface area contributed by atoms with Crippen molar-refractivity contribution >= 4 is 0 Å². The maximum atomic E-state index is 10.2. The van der Waals surface area contributed by atoms with Crippen molar-refractivity contribution < 1.29 is 9.84 Å². The summed E-state index contributed by atoms with van der Waals surface area (Å²) in [5.74, 6) is 2.04. The molecule has 1 saturated heterocycles. The fourth-order valence-corrected chi connectivity index (χ4v) is 7.26. The summed E-state index contributed by atoms with van der Waals surface area (Å²) in [7, 11) is 0. The number of nitrogens with two attached hydrogens (primary N) is 1. The van der Waals surface area contributed by atoms with Gasteiger partial charge in [-0.3, -0.25) is 0 Å². The Bertz CT molecular complexity index is 682. The predicted octanol–water partition coefficient (Wildman–Crippen LogP) is 5.52. The van der Waals surface area contributed by atoms with E-state index < -0.39 is 0 Å². The Balaban J connectivity index is 1.52. The second-order valence-electron chi connectivity index (χ2n) is 11.0. The van der Waals surface area contributed by atoms with E-state index in [0.717, 1.165) is 44.1 Å². The van der Waals surface area contributed by atoms with Gasteiger partial charge in [0.15, 0.2) is 0 Å². The SMILES string of the molecule is C/C=C1/CC(O)CCC1(C)C1CC2=C(C)C3(CCC(CC(C)CN)O3)CCC2C1. The maximum absolute atomic E-state index is 10.2. The normalized spacial score (nSPS) is 45.2. The quantitative estimate of drug-likeness (QED) is 0.610. The van der Waals surface area contributed by atoms with Gasteiger partial charge in [0.1, 0.15) is 0 Å². The molecular weight excluding hydrogens is 358 g/mol. The number of hydrogen-bond acceptors (Lipinski definition) is 3. The van der Waals surface area contributed by atoms with E-state index >= 15 is 0 Å². The summed E-state index contributed by atoms with van der Waals surface area (Å²) in [4.78, 5) is 0. The average molecular weight is 402 g/mol. The Morgan fingerprint density at radius 3 is 2.69 bits per heavy atom. The number of aliphatic hydroxyl groups is 1. The lowest BCUT2D eigenvalue weighted by Gasteiger charge is -2.43. The average Bonchev–Trinajstić information content (AvgIpc) is 3.33. The lowest BCUT2D eigenvalue weighted by Crippen LogP contribution is -2.36. The molecule has 1 aliphatic heterocycles. The molecule has 164 valence electrons. The maximum Gasteiger partial charge on any atom is 0.0896 e. The van der Waals surface area contributed by atoms with Gasteiger partial charge >= 0.3 is 0 Å². The molecule has 4 rings (SSSR count). The van der Waals surface area contributed by atoms with Crippen molar-refractivity contribution in [2.45, 2.75) is 110 Å². The van der Waals surface area contributed by atoms with Gasteiger partial charge in [0.05, 0.1) is 17.8 Å². The molecule has 4 aliphatic rings. The lowest BCUT2D eigenvalue weighted by atomic mass is 9.62. The van der Waals surface area contributed by atoms with Gasteiger partial charge in [0, 0.05) is 0 Å². The van der Waals surface area contributed by atoms with Crippen LogP contribution in [0.5, 0.6) is 0 Å². The Kier molecular flexibility index (Phi) is 6.05. The Morgan fingerprint density at radius 1 is 1.21 bits per heavy atom. The van der Waals surface area contributed by atoms with Crippen LogP contribution in [-0.2, 0) is 4.74 Å². The van der Waals surface area contributed by atoms with E-state index in [-0.39, 0.29) is 17.1 Å². The summed E-state index contributed by atoms with van der Waals surface area (Å²) >= 11 is 0. The Hall–Kier alpha value is -0.640. The standard InChI is InChI=1S/C26H43NO2/c1-5-20-14-22(28)7-9-25(20,4)21-13-19-6-10-26(18(3)24(19)15-21)11-8-23(29-26)12-17(2)16-27/h5,17,19,21-23,28H,6-16,27H2,1-4H3/b20-5-. The zero-order valence-electron chi connectivity index (χ0n) is 19.2. The highest BCUT2D eigenvalue weighted by molar-refractivity contribution is 5.34. The highest BCUT2D eigenvalue weighted by atomic mass is 16.5. The van der Waals surface area contributed by atoms with Gasteiger partial charge in [-0.1, -0.05) is 31.1 Å². The molecule has 1 spiro atoms. The van der Waals surface area contributed by atoms with Crippen molar-refractivity contribution in [2.75, 3.05) is 6.54 Å². The largest absolute Gasteiger partial charge is 0.393 e. The highest BCUT2D eigenvalue weighted by Gasteiger charge is 2.51. The van der Waals surface area contributed by atoms with E-state index in [4.69, 9.17) is 10.5 Å². The van der Waals surface area contributed by atoms with E-state index in [1.54, 1.807) is 11.1 Å². The molecule has 3 heteroatoms. The molecule has 0 bridgehead atoms. The molecule has 1 heterocycles. The minimum atomic E-state index is -0.137. The summed E-state index contributed by atoms with van der Waals surface area (Å²) in [6.07, 6.45) is 14.1. The topological polar surface area (TPSA) is 55.5 Å². The first-order valence-corrected chi connectivity index (χ1v) is 12.2. The molecule has 7 atom stereocenters. The van der Waals surface area contributed by atoms with E-state index in [0.29, 0.717) is 12.0 Å². The molecule has 3 fully saturated rings. The molecule has 0 aromatic carbocycles. The third-order valence-electron chi connectivity index (χ3n) is 9.36. The van der Waals surface area contributed by atoms with Gasteiger partial charge in [0.2, 0.25) is 0 Å². The molecule has 3 aliphatic carbocycles.